The van der Waals surface area contributed by atoms with Crippen molar-refractivity contribution in [1.29, 1.82) is 0 Å². The summed E-state index contributed by atoms with van der Waals surface area (Å²) in [5.41, 5.74) is 0.755. The minimum absolute atomic E-state index is 0.0929. The largest absolute Gasteiger partial charge is 0.378 e. The first-order valence-electron chi connectivity index (χ1n) is 8.08. The molecular weight excluding hydrogens is 316 g/mol. The number of hydrogen-bond acceptors (Lipinski definition) is 4. The molecule has 1 unspecified atom stereocenters. The Kier molecular flexibility index (Phi) is 4.99. The molecule has 7 heteroatoms. The maximum atomic E-state index is 12.3. The van der Waals surface area contributed by atoms with E-state index in [9.17, 15) is 13.2 Å². The van der Waals surface area contributed by atoms with Crippen molar-refractivity contribution < 1.29 is 17.9 Å². The van der Waals surface area contributed by atoms with Crippen LogP contribution in [0.5, 0.6) is 0 Å². The van der Waals surface area contributed by atoms with Gasteiger partial charge in [0.1, 0.15) is 0 Å². The van der Waals surface area contributed by atoms with Gasteiger partial charge in [0.05, 0.1) is 11.0 Å². The fraction of sp³-hybridized carbons (Fsp3) is 0.562. The number of rotatable bonds is 6. The molecule has 3 rings (SSSR count). The van der Waals surface area contributed by atoms with Crippen molar-refractivity contribution in [3.63, 3.8) is 0 Å². The van der Waals surface area contributed by atoms with Gasteiger partial charge in [0.15, 0.2) is 0 Å². The SMILES string of the molecule is O=C1CCCN1c1ccc(S(=O)(=O)NCCC2CCCO2)cc1. The van der Waals surface area contributed by atoms with Crippen LogP contribution in [0.2, 0.25) is 0 Å². The predicted octanol–water partition coefficient (Wildman–Crippen LogP) is 1.66. The lowest BCUT2D eigenvalue weighted by molar-refractivity contribution is -0.117. The summed E-state index contributed by atoms with van der Waals surface area (Å²) in [4.78, 5) is 13.6. The lowest BCUT2D eigenvalue weighted by Gasteiger charge is -2.16. The van der Waals surface area contributed by atoms with Gasteiger partial charge in [-0.25, -0.2) is 13.1 Å². The average Bonchev–Trinajstić information content (AvgIpc) is 3.19. The zero-order valence-corrected chi connectivity index (χ0v) is 13.8. The third-order valence-electron chi connectivity index (χ3n) is 4.31. The molecule has 1 aromatic carbocycles. The Morgan fingerprint density at radius 3 is 2.61 bits per heavy atom. The van der Waals surface area contributed by atoms with E-state index in [2.05, 4.69) is 4.72 Å². The highest BCUT2D eigenvalue weighted by molar-refractivity contribution is 7.89. The number of hydrogen-bond donors (Lipinski definition) is 1. The summed E-state index contributed by atoms with van der Waals surface area (Å²) in [5, 5.41) is 0. The number of benzene rings is 1. The second-order valence-corrected chi connectivity index (χ2v) is 7.73. The molecular formula is C16H22N2O4S. The Balaban J connectivity index is 1.59. The van der Waals surface area contributed by atoms with Gasteiger partial charge in [-0.05, 0) is 49.9 Å². The molecule has 2 fully saturated rings. The van der Waals surface area contributed by atoms with Crippen molar-refractivity contribution in [2.75, 3.05) is 24.6 Å². The van der Waals surface area contributed by atoms with Gasteiger partial charge in [0, 0.05) is 31.8 Å². The second-order valence-electron chi connectivity index (χ2n) is 5.96. The third kappa shape index (κ3) is 3.91. The normalized spacial score (nSPS) is 22.0. The first-order chi connectivity index (χ1) is 11.1. The molecule has 0 saturated carbocycles. The summed E-state index contributed by atoms with van der Waals surface area (Å²) in [6.45, 7) is 1.85. The van der Waals surface area contributed by atoms with Crippen LogP contribution in [-0.4, -0.2) is 40.1 Å². The number of sulfonamides is 1. The van der Waals surface area contributed by atoms with Crippen LogP contribution in [0, 0.1) is 0 Å². The summed E-state index contributed by atoms with van der Waals surface area (Å²) in [5.74, 6) is 0.0929. The van der Waals surface area contributed by atoms with Crippen molar-refractivity contribution in [3.8, 4) is 0 Å². The number of carbonyl (C=O) groups is 1. The van der Waals surface area contributed by atoms with Gasteiger partial charge in [-0.1, -0.05) is 0 Å². The summed E-state index contributed by atoms with van der Waals surface area (Å²) >= 11 is 0. The Labute approximate surface area is 136 Å². The van der Waals surface area contributed by atoms with Crippen LogP contribution in [-0.2, 0) is 19.6 Å². The molecule has 0 bridgehead atoms. The van der Waals surface area contributed by atoms with E-state index in [0.29, 0.717) is 25.9 Å². The number of amides is 1. The zero-order chi connectivity index (χ0) is 16.3. The molecule has 1 amide bonds. The molecule has 0 radical (unpaired) electrons. The number of anilines is 1. The zero-order valence-electron chi connectivity index (χ0n) is 13.0. The Morgan fingerprint density at radius 2 is 2.00 bits per heavy atom. The molecule has 1 aromatic rings. The molecule has 2 heterocycles. The molecule has 1 N–H and O–H groups in total. The van der Waals surface area contributed by atoms with Crippen LogP contribution in [0.25, 0.3) is 0 Å². The lowest BCUT2D eigenvalue weighted by Crippen LogP contribution is -2.27. The van der Waals surface area contributed by atoms with Crippen LogP contribution >= 0.6 is 0 Å². The highest BCUT2D eigenvalue weighted by Crippen LogP contribution is 2.23. The topological polar surface area (TPSA) is 75.7 Å². The van der Waals surface area contributed by atoms with E-state index >= 15 is 0 Å². The Morgan fingerprint density at radius 1 is 1.22 bits per heavy atom. The van der Waals surface area contributed by atoms with E-state index in [0.717, 1.165) is 31.6 Å². The van der Waals surface area contributed by atoms with Crippen molar-refractivity contribution in [1.82, 2.24) is 4.72 Å². The first-order valence-corrected chi connectivity index (χ1v) is 9.56. The molecule has 23 heavy (non-hydrogen) atoms. The van der Waals surface area contributed by atoms with Crippen molar-refractivity contribution in [2.24, 2.45) is 0 Å². The fourth-order valence-electron chi connectivity index (χ4n) is 3.04. The van der Waals surface area contributed by atoms with Gasteiger partial charge < -0.3 is 9.64 Å². The van der Waals surface area contributed by atoms with Crippen LogP contribution in [0.3, 0.4) is 0 Å². The monoisotopic (exact) mass is 338 g/mol. The van der Waals surface area contributed by atoms with Crippen molar-refractivity contribution in [3.05, 3.63) is 24.3 Å². The van der Waals surface area contributed by atoms with Crippen molar-refractivity contribution in [2.45, 2.75) is 43.1 Å². The van der Waals surface area contributed by atoms with Crippen LogP contribution in [0.15, 0.2) is 29.2 Å². The molecule has 1 atom stereocenters. The van der Waals surface area contributed by atoms with Crippen LogP contribution in [0.1, 0.15) is 32.1 Å². The maximum absolute atomic E-state index is 12.3. The van der Waals surface area contributed by atoms with E-state index in [1.165, 1.54) is 0 Å². The van der Waals surface area contributed by atoms with E-state index in [-0.39, 0.29) is 16.9 Å². The van der Waals surface area contributed by atoms with Gasteiger partial charge in [-0.3, -0.25) is 4.79 Å². The number of nitrogens with zero attached hydrogens (tertiary/aromatic N) is 1. The highest BCUT2D eigenvalue weighted by Gasteiger charge is 2.22. The molecule has 2 saturated heterocycles. The van der Waals surface area contributed by atoms with Gasteiger partial charge >= 0.3 is 0 Å². The smallest absolute Gasteiger partial charge is 0.240 e. The highest BCUT2D eigenvalue weighted by atomic mass is 32.2. The average molecular weight is 338 g/mol. The molecule has 126 valence electrons. The molecule has 2 aliphatic heterocycles. The molecule has 2 aliphatic rings. The fourth-order valence-corrected chi connectivity index (χ4v) is 4.08. The molecule has 0 aromatic heterocycles. The van der Waals surface area contributed by atoms with Crippen LogP contribution in [0.4, 0.5) is 5.69 Å². The minimum Gasteiger partial charge on any atom is -0.378 e. The second kappa shape index (κ2) is 6.98. The van der Waals surface area contributed by atoms with Crippen LogP contribution < -0.4 is 9.62 Å². The van der Waals surface area contributed by atoms with Gasteiger partial charge in [0.2, 0.25) is 15.9 Å². The van der Waals surface area contributed by atoms with Gasteiger partial charge in [0.25, 0.3) is 0 Å². The third-order valence-corrected chi connectivity index (χ3v) is 5.79. The minimum atomic E-state index is -3.51. The first kappa shape index (κ1) is 16.4. The predicted molar refractivity (Wildman–Crippen MR) is 86.8 cm³/mol. The number of ether oxygens (including phenoxy) is 1. The molecule has 6 nitrogen and oxygen atoms in total. The van der Waals surface area contributed by atoms with E-state index in [4.69, 9.17) is 4.74 Å². The summed E-state index contributed by atoms with van der Waals surface area (Å²) in [7, 11) is -3.51. The van der Waals surface area contributed by atoms with Gasteiger partial charge in [-0.2, -0.15) is 0 Å². The lowest BCUT2D eigenvalue weighted by atomic mass is 10.2. The quantitative estimate of drug-likeness (QED) is 0.856. The summed E-state index contributed by atoms with van der Waals surface area (Å²) < 4.78 is 32.6. The van der Waals surface area contributed by atoms with E-state index in [1.54, 1.807) is 29.2 Å². The number of nitrogens with one attached hydrogen (secondary N) is 1. The van der Waals surface area contributed by atoms with Gasteiger partial charge in [-0.15, -0.1) is 0 Å². The maximum Gasteiger partial charge on any atom is 0.240 e. The van der Waals surface area contributed by atoms with Crippen molar-refractivity contribution >= 4 is 21.6 Å². The standard InChI is InChI=1S/C16H22N2O4S/c19-16-4-1-11-18(16)13-5-7-15(8-6-13)23(20,21)17-10-9-14-3-2-12-22-14/h5-8,14,17H,1-4,9-12H2. The summed E-state index contributed by atoms with van der Waals surface area (Å²) in [6.07, 6.45) is 4.32. The summed E-state index contributed by atoms with van der Waals surface area (Å²) in [6, 6.07) is 6.49. The number of carbonyl (C=O) groups excluding carboxylic acids is 1. The Bertz CT molecular complexity index is 651. The molecule has 0 spiro atoms. The van der Waals surface area contributed by atoms with E-state index in [1.807, 2.05) is 0 Å². The Hall–Kier alpha value is -1.44. The molecule has 0 aliphatic carbocycles. The van der Waals surface area contributed by atoms with E-state index < -0.39 is 10.0 Å².